The maximum Gasteiger partial charge on any atom is 0.339 e. The molecule has 2 aliphatic carbocycles. The Hall–Kier alpha value is -4.03. The number of fused-ring (bicyclic) bond motifs is 2. The van der Waals surface area contributed by atoms with Gasteiger partial charge in [0.1, 0.15) is 30.5 Å². The van der Waals surface area contributed by atoms with Gasteiger partial charge in [-0.2, -0.15) is 0 Å². The molecule has 11 nitrogen and oxygen atoms in total. The van der Waals surface area contributed by atoms with E-state index in [-0.39, 0.29) is 44.6 Å². The number of hydrogen-bond acceptors (Lipinski definition) is 10. The summed E-state index contributed by atoms with van der Waals surface area (Å²) in [6, 6.07) is 14.2. The zero-order valence-corrected chi connectivity index (χ0v) is 27.0. The lowest BCUT2D eigenvalue weighted by atomic mass is 9.91. The fourth-order valence-electron chi connectivity index (χ4n) is 6.11. The topological polar surface area (TPSA) is 150 Å². The third-order valence-corrected chi connectivity index (χ3v) is 8.17. The van der Waals surface area contributed by atoms with Crippen LogP contribution in [-0.2, 0) is 46.1 Å². The Morgan fingerprint density at radius 2 is 1.74 bits per heavy atom. The number of esters is 2. The van der Waals surface area contributed by atoms with Crippen molar-refractivity contribution in [2.24, 2.45) is 0 Å². The molecule has 0 unspecified atom stereocenters. The predicted molar refractivity (Wildman–Crippen MR) is 171 cm³/mol. The Morgan fingerprint density at radius 1 is 1.04 bits per heavy atom. The number of aliphatic hydroxyl groups is 2. The quantitative estimate of drug-likeness (QED) is 0.177. The third-order valence-electron chi connectivity index (χ3n) is 8.17. The van der Waals surface area contributed by atoms with Crippen molar-refractivity contribution in [2.75, 3.05) is 19.8 Å². The van der Waals surface area contributed by atoms with Crippen molar-refractivity contribution in [2.45, 2.75) is 88.6 Å². The van der Waals surface area contributed by atoms with Crippen LogP contribution in [0.15, 0.2) is 66.4 Å². The zero-order valence-electron chi connectivity index (χ0n) is 27.0. The number of amides is 1. The van der Waals surface area contributed by atoms with E-state index in [0.29, 0.717) is 24.0 Å². The highest BCUT2D eigenvalue weighted by atomic mass is 16.8. The van der Waals surface area contributed by atoms with Gasteiger partial charge >= 0.3 is 11.9 Å². The molecule has 2 aromatic rings. The molecule has 3 N–H and O–H groups in total. The Labute approximate surface area is 274 Å². The Balaban J connectivity index is 1.34. The van der Waals surface area contributed by atoms with Gasteiger partial charge in [-0.25, -0.2) is 4.79 Å². The molecule has 4 atom stereocenters. The van der Waals surface area contributed by atoms with E-state index in [1.54, 1.807) is 57.2 Å². The Morgan fingerprint density at radius 3 is 2.43 bits per heavy atom. The van der Waals surface area contributed by atoms with Crippen LogP contribution in [0.25, 0.3) is 6.08 Å². The highest BCUT2D eigenvalue weighted by molar-refractivity contribution is 5.95. The number of nitrogens with one attached hydrogen (secondary N) is 1. The van der Waals surface area contributed by atoms with Gasteiger partial charge in [0.15, 0.2) is 5.79 Å². The molecular formula is C36H43NO10. The number of carbonyl (C=O) groups is 3. The van der Waals surface area contributed by atoms with Gasteiger partial charge in [-0.1, -0.05) is 42.5 Å². The summed E-state index contributed by atoms with van der Waals surface area (Å²) < 4.78 is 29.8. The molecule has 1 amide bonds. The summed E-state index contributed by atoms with van der Waals surface area (Å²) in [4.78, 5) is 39.4. The highest BCUT2D eigenvalue weighted by Crippen LogP contribution is 2.45. The second-order valence-corrected chi connectivity index (χ2v) is 13.0. The lowest BCUT2D eigenvalue weighted by Crippen LogP contribution is -2.45. The summed E-state index contributed by atoms with van der Waals surface area (Å²) >= 11 is 0. The van der Waals surface area contributed by atoms with E-state index >= 15 is 0 Å². The lowest BCUT2D eigenvalue weighted by Gasteiger charge is -2.31. The van der Waals surface area contributed by atoms with Gasteiger partial charge < -0.3 is 39.2 Å². The molecule has 1 saturated heterocycles. The molecule has 1 heterocycles. The van der Waals surface area contributed by atoms with Gasteiger partial charge in [0.25, 0.3) is 0 Å². The summed E-state index contributed by atoms with van der Waals surface area (Å²) in [5.41, 5.74) is 2.75. The van der Waals surface area contributed by atoms with Crippen LogP contribution in [0.5, 0.6) is 0 Å². The molecule has 0 saturated carbocycles. The van der Waals surface area contributed by atoms with Crippen LogP contribution in [0.1, 0.15) is 67.1 Å². The lowest BCUT2D eigenvalue weighted by molar-refractivity contribution is -0.172. The number of benzene rings is 2. The second kappa shape index (κ2) is 14.8. The standard InChI is InChI=1S/C36H43NO10/c1-35(2,3)46-31(40)13-12-27(22-39)37-33(41)26-18-29(44-34(42)28-11-7-6-8-23(28)14-16-43-17-15-38)32-30(19-26)45-36(47-32)20-24-9-4-5-10-25(24)21-36/h4-11,14,16,19,27,29-30,32,38-39H,12-13,15,17-18,20-22H2,1-3H3,(H,37,41)/t27-,29+,30+,32-/m0/s1. The third kappa shape index (κ3) is 8.66. The van der Waals surface area contributed by atoms with Crippen LogP contribution in [0.4, 0.5) is 0 Å². The average Bonchev–Trinajstić information content (AvgIpc) is 3.58. The molecule has 0 bridgehead atoms. The van der Waals surface area contributed by atoms with E-state index in [9.17, 15) is 19.5 Å². The first-order valence-corrected chi connectivity index (χ1v) is 15.9. The van der Waals surface area contributed by atoms with E-state index in [0.717, 1.165) is 11.1 Å². The summed E-state index contributed by atoms with van der Waals surface area (Å²) in [5.74, 6) is -2.46. The van der Waals surface area contributed by atoms with Crippen molar-refractivity contribution in [1.82, 2.24) is 5.32 Å². The van der Waals surface area contributed by atoms with E-state index in [1.165, 1.54) is 6.26 Å². The molecule has 47 heavy (non-hydrogen) atoms. The van der Waals surface area contributed by atoms with E-state index in [2.05, 4.69) is 5.32 Å². The summed E-state index contributed by atoms with van der Waals surface area (Å²) in [6.07, 6.45) is 3.81. The molecule has 252 valence electrons. The number of rotatable bonds is 12. The number of aliphatic hydroxyl groups excluding tert-OH is 2. The van der Waals surface area contributed by atoms with Crippen LogP contribution >= 0.6 is 0 Å². The van der Waals surface area contributed by atoms with Crippen molar-refractivity contribution in [3.8, 4) is 0 Å². The summed E-state index contributed by atoms with van der Waals surface area (Å²) in [7, 11) is 0. The molecule has 11 heteroatoms. The van der Waals surface area contributed by atoms with Crippen molar-refractivity contribution >= 4 is 23.9 Å². The first-order valence-electron chi connectivity index (χ1n) is 15.9. The molecular weight excluding hydrogens is 606 g/mol. The molecule has 0 radical (unpaired) electrons. The molecule has 0 aromatic heterocycles. The van der Waals surface area contributed by atoms with Crippen molar-refractivity contribution in [1.29, 1.82) is 0 Å². The SMILES string of the molecule is CC(C)(C)OC(=O)CC[C@@H](CO)NC(=O)C1=C[C@H]2OC3(Cc4ccccc4C3)O[C@H]2[C@H](OC(=O)c2ccccc2C=COCCO)C1. The van der Waals surface area contributed by atoms with Crippen LogP contribution in [-0.4, -0.2) is 83.6 Å². The summed E-state index contributed by atoms with van der Waals surface area (Å²) in [5, 5.41) is 21.8. The molecule has 3 aliphatic rings. The molecule has 1 aliphatic heterocycles. The van der Waals surface area contributed by atoms with Crippen molar-refractivity contribution in [3.05, 3.63) is 88.7 Å². The molecule has 5 rings (SSSR count). The molecule has 1 spiro atoms. The van der Waals surface area contributed by atoms with E-state index in [4.69, 9.17) is 28.8 Å². The normalized spacial score (nSPS) is 21.9. The van der Waals surface area contributed by atoms with E-state index in [1.807, 2.05) is 24.3 Å². The zero-order chi connectivity index (χ0) is 33.6. The predicted octanol–water partition coefficient (Wildman–Crippen LogP) is 3.40. The number of carbonyl (C=O) groups excluding carboxylic acids is 3. The van der Waals surface area contributed by atoms with Crippen LogP contribution in [0.2, 0.25) is 0 Å². The largest absolute Gasteiger partial charge is 0.499 e. The van der Waals surface area contributed by atoms with Gasteiger partial charge in [-0.15, -0.1) is 0 Å². The first kappa shape index (κ1) is 34.3. The maximum atomic E-state index is 13.6. The first-order chi connectivity index (χ1) is 22.5. The van der Waals surface area contributed by atoms with Gasteiger partial charge in [0.2, 0.25) is 5.91 Å². The Kier molecular flexibility index (Phi) is 10.8. The number of ether oxygens (including phenoxy) is 5. The highest BCUT2D eigenvalue weighted by Gasteiger charge is 2.55. The van der Waals surface area contributed by atoms with Gasteiger partial charge in [0.05, 0.1) is 31.1 Å². The molecule has 1 fully saturated rings. The van der Waals surface area contributed by atoms with Crippen LogP contribution in [0.3, 0.4) is 0 Å². The average molecular weight is 650 g/mol. The molecule has 2 aromatic carbocycles. The van der Waals surface area contributed by atoms with Gasteiger partial charge in [-0.05, 0) is 62.1 Å². The second-order valence-electron chi connectivity index (χ2n) is 13.0. The summed E-state index contributed by atoms with van der Waals surface area (Å²) in [6.45, 7) is 4.92. The fourth-order valence-corrected chi connectivity index (χ4v) is 6.11. The Bertz CT molecular complexity index is 1480. The van der Waals surface area contributed by atoms with Crippen LogP contribution in [0, 0.1) is 0 Å². The monoisotopic (exact) mass is 649 g/mol. The minimum Gasteiger partial charge on any atom is -0.499 e. The minimum atomic E-state index is -0.960. The fraction of sp³-hybridized carbons (Fsp3) is 0.472. The van der Waals surface area contributed by atoms with Gasteiger partial charge in [-0.3, -0.25) is 9.59 Å². The van der Waals surface area contributed by atoms with Crippen molar-refractivity contribution in [3.63, 3.8) is 0 Å². The van der Waals surface area contributed by atoms with Gasteiger partial charge in [0, 0.05) is 31.3 Å². The van der Waals surface area contributed by atoms with Crippen LogP contribution < -0.4 is 5.32 Å². The van der Waals surface area contributed by atoms with E-state index < -0.39 is 53.6 Å². The smallest absolute Gasteiger partial charge is 0.339 e. The minimum absolute atomic E-state index is 0.0195. The van der Waals surface area contributed by atoms with Crippen molar-refractivity contribution < 1.29 is 48.3 Å². The maximum absolute atomic E-state index is 13.6. The number of hydrogen-bond donors (Lipinski definition) is 3.